The summed E-state index contributed by atoms with van der Waals surface area (Å²) >= 11 is 1.28. The number of benzene rings is 1. The van der Waals surface area contributed by atoms with Crippen molar-refractivity contribution in [2.75, 3.05) is 0 Å². The van der Waals surface area contributed by atoms with E-state index in [1.54, 1.807) is 6.07 Å². The van der Waals surface area contributed by atoms with E-state index in [0.29, 0.717) is 23.8 Å². The first-order valence-electron chi connectivity index (χ1n) is 6.38. The SMILES string of the molecule is Cc1cc(S(=O)(=O)N2Cc3ccccc3C2)sc1CN. The molecule has 2 aromatic rings. The molecule has 1 aromatic carbocycles. The first kappa shape index (κ1) is 13.8. The fraction of sp³-hybridized carbons (Fsp3) is 0.286. The molecule has 106 valence electrons. The molecule has 0 spiro atoms. The molecule has 3 rings (SSSR count). The van der Waals surface area contributed by atoms with Crippen molar-refractivity contribution in [3.8, 4) is 0 Å². The van der Waals surface area contributed by atoms with Crippen LogP contribution in [0, 0.1) is 6.92 Å². The molecule has 0 saturated carbocycles. The number of hydrogen-bond acceptors (Lipinski definition) is 4. The summed E-state index contributed by atoms with van der Waals surface area (Å²) < 4.78 is 27.3. The summed E-state index contributed by atoms with van der Waals surface area (Å²) in [6.07, 6.45) is 0. The zero-order valence-electron chi connectivity index (χ0n) is 11.2. The zero-order chi connectivity index (χ0) is 14.3. The van der Waals surface area contributed by atoms with Crippen LogP contribution in [0.2, 0.25) is 0 Å². The van der Waals surface area contributed by atoms with E-state index in [1.807, 2.05) is 31.2 Å². The second kappa shape index (κ2) is 4.96. The fourth-order valence-corrected chi connectivity index (χ4v) is 5.44. The Kier molecular flexibility index (Phi) is 3.41. The van der Waals surface area contributed by atoms with E-state index in [2.05, 4.69) is 0 Å². The second-order valence-corrected chi connectivity index (χ2v) is 8.22. The van der Waals surface area contributed by atoms with Gasteiger partial charge in [0.2, 0.25) is 0 Å². The molecule has 0 bridgehead atoms. The summed E-state index contributed by atoms with van der Waals surface area (Å²) in [5.74, 6) is 0. The van der Waals surface area contributed by atoms with Crippen LogP contribution in [0.5, 0.6) is 0 Å². The molecule has 0 radical (unpaired) electrons. The van der Waals surface area contributed by atoms with Crippen molar-refractivity contribution < 1.29 is 8.42 Å². The lowest BCUT2D eigenvalue weighted by atomic mass is 10.1. The number of hydrogen-bond donors (Lipinski definition) is 1. The molecule has 1 aromatic heterocycles. The minimum absolute atomic E-state index is 0.381. The van der Waals surface area contributed by atoms with Gasteiger partial charge in [0.25, 0.3) is 10.0 Å². The van der Waals surface area contributed by atoms with Gasteiger partial charge in [-0.2, -0.15) is 4.31 Å². The minimum Gasteiger partial charge on any atom is -0.326 e. The Balaban J connectivity index is 1.94. The first-order chi connectivity index (χ1) is 9.52. The Morgan fingerprint density at radius 3 is 2.35 bits per heavy atom. The third-order valence-electron chi connectivity index (χ3n) is 3.59. The van der Waals surface area contributed by atoms with Crippen LogP contribution in [0.1, 0.15) is 21.6 Å². The van der Waals surface area contributed by atoms with E-state index in [-0.39, 0.29) is 0 Å². The maximum absolute atomic E-state index is 12.7. The Labute approximate surface area is 122 Å². The molecule has 4 nitrogen and oxygen atoms in total. The summed E-state index contributed by atoms with van der Waals surface area (Å²) in [4.78, 5) is 0.931. The molecule has 1 aliphatic heterocycles. The van der Waals surface area contributed by atoms with Crippen molar-refractivity contribution in [3.05, 3.63) is 51.9 Å². The highest BCUT2D eigenvalue weighted by atomic mass is 32.2. The largest absolute Gasteiger partial charge is 0.326 e. The second-order valence-electron chi connectivity index (χ2n) is 4.92. The summed E-state index contributed by atoms with van der Waals surface area (Å²) in [5, 5.41) is 0. The summed E-state index contributed by atoms with van der Waals surface area (Å²) in [7, 11) is -3.42. The highest BCUT2D eigenvalue weighted by Crippen LogP contribution is 2.33. The van der Waals surface area contributed by atoms with Crippen molar-refractivity contribution in [3.63, 3.8) is 0 Å². The molecule has 6 heteroatoms. The summed E-state index contributed by atoms with van der Waals surface area (Å²) in [6.45, 7) is 3.18. The Bertz CT molecular complexity index is 725. The normalized spacial score (nSPS) is 15.5. The molecule has 0 unspecified atom stereocenters. The zero-order valence-corrected chi connectivity index (χ0v) is 12.8. The van der Waals surface area contributed by atoms with Crippen LogP contribution < -0.4 is 5.73 Å². The first-order valence-corrected chi connectivity index (χ1v) is 8.64. The Morgan fingerprint density at radius 2 is 1.85 bits per heavy atom. The quantitative estimate of drug-likeness (QED) is 0.945. The molecule has 0 amide bonds. The van der Waals surface area contributed by atoms with Crippen LogP contribution in [0.3, 0.4) is 0 Å². The van der Waals surface area contributed by atoms with Gasteiger partial charge >= 0.3 is 0 Å². The van der Waals surface area contributed by atoms with Gasteiger partial charge in [-0.25, -0.2) is 8.42 Å². The summed E-state index contributed by atoms with van der Waals surface area (Å²) in [6, 6.07) is 9.57. The molecule has 2 N–H and O–H groups in total. The van der Waals surface area contributed by atoms with E-state index in [9.17, 15) is 8.42 Å². The topological polar surface area (TPSA) is 63.4 Å². The lowest BCUT2D eigenvalue weighted by Crippen LogP contribution is -2.24. The van der Waals surface area contributed by atoms with E-state index < -0.39 is 10.0 Å². The van der Waals surface area contributed by atoms with Crippen LogP contribution in [-0.2, 0) is 29.7 Å². The van der Waals surface area contributed by atoms with Crippen molar-refractivity contribution in [1.82, 2.24) is 4.31 Å². The Morgan fingerprint density at radius 1 is 1.25 bits per heavy atom. The number of rotatable bonds is 3. The molecule has 0 fully saturated rings. The molecule has 2 heterocycles. The van der Waals surface area contributed by atoms with E-state index in [0.717, 1.165) is 21.6 Å². The number of sulfonamides is 1. The van der Waals surface area contributed by atoms with E-state index in [1.165, 1.54) is 15.6 Å². The van der Waals surface area contributed by atoms with Crippen molar-refractivity contribution >= 4 is 21.4 Å². The molecule has 0 aliphatic carbocycles. The molecule has 0 saturated heterocycles. The molecule has 20 heavy (non-hydrogen) atoms. The predicted octanol–water partition coefficient (Wildman–Crippen LogP) is 2.22. The van der Waals surface area contributed by atoms with Gasteiger partial charge in [-0.3, -0.25) is 0 Å². The Hall–Kier alpha value is -1.21. The van der Waals surface area contributed by atoms with Crippen LogP contribution in [-0.4, -0.2) is 12.7 Å². The highest BCUT2D eigenvalue weighted by Gasteiger charge is 2.31. The third kappa shape index (κ3) is 2.18. The lowest BCUT2D eigenvalue weighted by Gasteiger charge is -2.13. The van der Waals surface area contributed by atoms with Gasteiger partial charge in [0.1, 0.15) is 4.21 Å². The monoisotopic (exact) mass is 308 g/mol. The number of thiophene rings is 1. The molecule has 1 aliphatic rings. The van der Waals surface area contributed by atoms with Gasteiger partial charge in [0.05, 0.1) is 0 Å². The molecular formula is C14H16N2O2S2. The van der Waals surface area contributed by atoms with Crippen molar-refractivity contribution in [2.45, 2.75) is 30.8 Å². The van der Waals surface area contributed by atoms with Crippen LogP contribution >= 0.6 is 11.3 Å². The maximum atomic E-state index is 12.7. The van der Waals surface area contributed by atoms with E-state index in [4.69, 9.17) is 5.73 Å². The molecular weight excluding hydrogens is 292 g/mol. The average Bonchev–Trinajstić information content (AvgIpc) is 3.02. The number of aryl methyl sites for hydroxylation is 1. The smallest absolute Gasteiger partial charge is 0.253 e. The van der Waals surface area contributed by atoms with Crippen LogP contribution in [0.4, 0.5) is 0 Å². The summed E-state index contributed by atoms with van der Waals surface area (Å²) in [5.41, 5.74) is 8.76. The van der Waals surface area contributed by atoms with Crippen molar-refractivity contribution in [2.24, 2.45) is 5.73 Å². The van der Waals surface area contributed by atoms with Crippen molar-refractivity contribution in [1.29, 1.82) is 0 Å². The average molecular weight is 308 g/mol. The number of nitrogens with zero attached hydrogens (tertiary/aromatic N) is 1. The third-order valence-corrected chi connectivity index (χ3v) is 7.09. The van der Waals surface area contributed by atoms with Gasteiger partial charge < -0.3 is 5.73 Å². The number of fused-ring (bicyclic) bond motifs is 1. The number of nitrogens with two attached hydrogens (primary N) is 1. The van der Waals surface area contributed by atoms with Gasteiger partial charge in [0.15, 0.2) is 0 Å². The van der Waals surface area contributed by atoms with Gasteiger partial charge in [-0.1, -0.05) is 24.3 Å². The maximum Gasteiger partial charge on any atom is 0.253 e. The predicted molar refractivity (Wildman–Crippen MR) is 79.8 cm³/mol. The minimum atomic E-state index is -3.42. The van der Waals surface area contributed by atoms with Gasteiger partial charge in [0, 0.05) is 24.5 Å². The van der Waals surface area contributed by atoms with Crippen LogP contribution in [0.15, 0.2) is 34.5 Å². The van der Waals surface area contributed by atoms with Gasteiger partial charge in [-0.05, 0) is 29.7 Å². The van der Waals surface area contributed by atoms with Gasteiger partial charge in [-0.15, -0.1) is 11.3 Å². The lowest BCUT2D eigenvalue weighted by molar-refractivity contribution is 0.433. The van der Waals surface area contributed by atoms with Crippen LogP contribution in [0.25, 0.3) is 0 Å². The highest BCUT2D eigenvalue weighted by molar-refractivity contribution is 7.91. The molecule has 0 atom stereocenters. The van der Waals surface area contributed by atoms with E-state index >= 15 is 0 Å². The standard InChI is InChI=1S/C14H16N2O2S2/c1-10-6-14(19-13(10)7-15)20(17,18)16-8-11-4-2-3-5-12(11)9-16/h2-6H,7-9,15H2,1H3. The fourth-order valence-electron chi connectivity index (χ4n) is 2.42.